The summed E-state index contributed by atoms with van der Waals surface area (Å²) in [7, 11) is 0. The fourth-order valence-corrected chi connectivity index (χ4v) is 2.86. The van der Waals surface area contributed by atoms with Gasteiger partial charge < -0.3 is 5.32 Å². The zero-order valence-corrected chi connectivity index (χ0v) is 11.3. The summed E-state index contributed by atoms with van der Waals surface area (Å²) in [6, 6.07) is 4.20. The first kappa shape index (κ1) is 11.8. The quantitative estimate of drug-likeness (QED) is 0.636. The summed E-state index contributed by atoms with van der Waals surface area (Å²) in [5, 5.41) is 3.34. The molecule has 0 amide bonds. The molecule has 0 aliphatic rings. The highest BCUT2D eigenvalue weighted by molar-refractivity contribution is 9.11. The first-order valence-electron chi connectivity index (χ1n) is 4.45. The summed E-state index contributed by atoms with van der Waals surface area (Å²) in [6.45, 7) is 6.67. The lowest BCUT2D eigenvalue weighted by atomic mass is 10.2. The highest BCUT2D eigenvalue weighted by atomic mass is 79.9. The Bertz CT molecular complexity index is 311. The van der Waals surface area contributed by atoms with E-state index in [9.17, 15) is 0 Å². The maximum absolute atomic E-state index is 3.69. The number of halogens is 2. The van der Waals surface area contributed by atoms with Crippen LogP contribution in [0.2, 0.25) is 0 Å². The zero-order chi connectivity index (χ0) is 10.6. The molecule has 1 nitrogen and oxygen atoms in total. The monoisotopic (exact) mass is 317 g/mol. The predicted octanol–water partition coefficient (Wildman–Crippen LogP) is 4.51. The molecule has 0 bridgehead atoms. The minimum Gasteiger partial charge on any atom is -0.383 e. The number of nitrogens with one attached hydrogen (secondary N) is 1. The highest BCUT2D eigenvalue weighted by Gasteiger charge is 2.04. The summed E-state index contributed by atoms with van der Waals surface area (Å²) in [5.74, 6) is 0. The Labute approximate surface area is 102 Å². The van der Waals surface area contributed by atoms with Crippen LogP contribution in [-0.2, 0) is 0 Å². The number of hydrogen-bond donors (Lipinski definition) is 1. The summed E-state index contributed by atoms with van der Waals surface area (Å²) >= 11 is 7.06. The Hall–Kier alpha value is -0.280. The molecule has 1 aromatic rings. The molecule has 0 spiro atoms. The van der Waals surface area contributed by atoms with Crippen molar-refractivity contribution in [1.82, 2.24) is 0 Å². The van der Waals surface area contributed by atoms with Crippen LogP contribution in [0.15, 0.2) is 33.7 Å². The lowest BCUT2D eigenvalue weighted by molar-refractivity contribution is 1.07. The summed E-state index contributed by atoms with van der Waals surface area (Å²) in [5.41, 5.74) is 2.34. The average Bonchev–Trinajstić information content (AvgIpc) is 2.09. The first-order chi connectivity index (χ1) is 6.65. The second-order valence-corrected chi connectivity index (χ2v) is 4.82. The van der Waals surface area contributed by atoms with Crippen molar-refractivity contribution < 1.29 is 0 Å². The van der Waals surface area contributed by atoms with E-state index in [1.54, 1.807) is 0 Å². The second-order valence-electron chi connectivity index (χ2n) is 3.11. The third-order valence-corrected chi connectivity index (χ3v) is 3.09. The number of benzene rings is 1. The third kappa shape index (κ3) is 3.14. The smallest absolute Gasteiger partial charge is 0.0629 e. The fraction of sp³-hybridized carbons (Fsp3) is 0.273. The van der Waals surface area contributed by atoms with E-state index in [2.05, 4.69) is 62.8 Å². The average molecular weight is 319 g/mol. The molecular weight excluding hydrogens is 306 g/mol. The van der Waals surface area contributed by atoms with Crippen LogP contribution in [0.4, 0.5) is 5.69 Å². The Morgan fingerprint density at radius 1 is 1.36 bits per heavy atom. The normalized spacial score (nSPS) is 9.93. The lowest BCUT2D eigenvalue weighted by Gasteiger charge is -2.10. The molecule has 76 valence electrons. The van der Waals surface area contributed by atoms with Crippen LogP contribution in [0.1, 0.15) is 12.0 Å². The van der Waals surface area contributed by atoms with Crippen molar-refractivity contribution in [3.05, 3.63) is 39.3 Å². The Balaban J connectivity index is 2.80. The van der Waals surface area contributed by atoms with Gasteiger partial charge in [0.25, 0.3) is 0 Å². The lowest BCUT2D eigenvalue weighted by Crippen LogP contribution is -2.01. The van der Waals surface area contributed by atoms with E-state index in [0.29, 0.717) is 0 Å². The summed E-state index contributed by atoms with van der Waals surface area (Å²) in [4.78, 5) is 0. The topological polar surface area (TPSA) is 12.0 Å². The maximum Gasteiger partial charge on any atom is 0.0629 e. The highest BCUT2D eigenvalue weighted by Crippen LogP contribution is 2.32. The molecule has 1 aromatic carbocycles. The molecule has 1 N–H and O–H groups in total. The molecule has 0 aliphatic heterocycles. The van der Waals surface area contributed by atoms with Crippen LogP contribution >= 0.6 is 31.9 Å². The Kier molecular flexibility index (Phi) is 4.69. The molecule has 0 aliphatic carbocycles. The van der Waals surface area contributed by atoms with E-state index in [-0.39, 0.29) is 0 Å². The zero-order valence-electron chi connectivity index (χ0n) is 8.11. The van der Waals surface area contributed by atoms with Gasteiger partial charge in [0.15, 0.2) is 0 Å². The van der Waals surface area contributed by atoms with Gasteiger partial charge in [-0.15, -0.1) is 6.58 Å². The second kappa shape index (κ2) is 5.56. The maximum atomic E-state index is 3.69. The predicted molar refractivity (Wildman–Crippen MR) is 69.9 cm³/mol. The minimum atomic E-state index is 0.907. The first-order valence-corrected chi connectivity index (χ1v) is 6.04. The van der Waals surface area contributed by atoms with Crippen molar-refractivity contribution in [3.8, 4) is 0 Å². The molecule has 1 rings (SSSR count). The SMILES string of the molecule is C=CCCNc1c(Br)cc(C)cc1Br. The van der Waals surface area contributed by atoms with Gasteiger partial charge in [-0.2, -0.15) is 0 Å². The van der Waals surface area contributed by atoms with Gasteiger partial charge in [0, 0.05) is 15.5 Å². The molecular formula is C11H13Br2N. The van der Waals surface area contributed by atoms with Gasteiger partial charge in [0.05, 0.1) is 5.69 Å². The number of hydrogen-bond acceptors (Lipinski definition) is 1. The van der Waals surface area contributed by atoms with Gasteiger partial charge >= 0.3 is 0 Å². The largest absolute Gasteiger partial charge is 0.383 e. The van der Waals surface area contributed by atoms with Crippen molar-refractivity contribution in [2.75, 3.05) is 11.9 Å². The molecule has 0 saturated carbocycles. The number of aryl methyl sites for hydroxylation is 1. The van der Waals surface area contributed by atoms with E-state index in [1.807, 2.05) is 6.08 Å². The van der Waals surface area contributed by atoms with Gasteiger partial charge in [0.1, 0.15) is 0 Å². The molecule has 0 heterocycles. The molecule has 3 heteroatoms. The van der Waals surface area contributed by atoms with Crippen molar-refractivity contribution >= 4 is 37.5 Å². The summed E-state index contributed by atoms with van der Waals surface area (Å²) in [6.07, 6.45) is 2.87. The van der Waals surface area contributed by atoms with Gasteiger partial charge in [0.2, 0.25) is 0 Å². The molecule has 0 unspecified atom stereocenters. The van der Waals surface area contributed by atoms with Crippen LogP contribution in [0.5, 0.6) is 0 Å². The van der Waals surface area contributed by atoms with E-state index < -0.39 is 0 Å². The van der Waals surface area contributed by atoms with Crippen molar-refractivity contribution in [2.24, 2.45) is 0 Å². The van der Waals surface area contributed by atoms with Crippen molar-refractivity contribution in [3.63, 3.8) is 0 Å². The molecule has 0 fully saturated rings. The van der Waals surface area contributed by atoms with Crippen LogP contribution in [0.25, 0.3) is 0 Å². The van der Waals surface area contributed by atoms with Crippen LogP contribution in [0.3, 0.4) is 0 Å². The van der Waals surface area contributed by atoms with Crippen LogP contribution in [-0.4, -0.2) is 6.54 Å². The Morgan fingerprint density at radius 3 is 2.43 bits per heavy atom. The van der Waals surface area contributed by atoms with Crippen LogP contribution in [0, 0.1) is 6.92 Å². The van der Waals surface area contributed by atoms with E-state index in [4.69, 9.17) is 0 Å². The number of rotatable bonds is 4. The van der Waals surface area contributed by atoms with Crippen LogP contribution < -0.4 is 5.32 Å². The molecule has 0 radical (unpaired) electrons. The number of anilines is 1. The Morgan fingerprint density at radius 2 is 1.93 bits per heavy atom. The van der Waals surface area contributed by atoms with Gasteiger partial charge in [-0.3, -0.25) is 0 Å². The van der Waals surface area contributed by atoms with E-state index >= 15 is 0 Å². The minimum absolute atomic E-state index is 0.907. The fourth-order valence-electron chi connectivity index (χ4n) is 1.17. The van der Waals surface area contributed by atoms with E-state index in [1.165, 1.54) is 5.56 Å². The standard InChI is InChI=1S/C11H13Br2N/c1-3-4-5-14-11-9(12)6-8(2)7-10(11)13/h3,6-7,14H,1,4-5H2,2H3. The van der Waals surface area contributed by atoms with E-state index in [0.717, 1.165) is 27.6 Å². The molecule has 0 aromatic heterocycles. The van der Waals surface area contributed by atoms with Gasteiger partial charge in [-0.05, 0) is 62.9 Å². The van der Waals surface area contributed by atoms with Crippen molar-refractivity contribution in [2.45, 2.75) is 13.3 Å². The van der Waals surface area contributed by atoms with Gasteiger partial charge in [-0.1, -0.05) is 6.08 Å². The van der Waals surface area contributed by atoms with Crippen molar-refractivity contribution in [1.29, 1.82) is 0 Å². The van der Waals surface area contributed by atoms with Gasteiger partial charge in [-0.25, -0.2) is 0 Å². The molecule has 14 heavy (non-hydrogen) atoms. The molecule has 0 saturated heterocycles. The molecule has 0 atom stereocenters. The third-order valence-electron chi connectivity index (χ3n) is 1.84. The summed E-state index contributed by atoms with van der Waals surface area (Å²) < 4.78 is 2.18.